The highest BCUT2D eigenvalue weighted by Crippen LogP contribution is 2.37. The molecule has 1 heterocycles. The second-order valence-corrected chi connectivity index (χ2v) is 5.88. The molecule has 0 aromatic carbocycles. The third kappa shape index (κ3) is 2.34. The normalized spacial score (nSPS) is 26.5. The van der Waals surface area contributed by atoms with Gasteiger partial charge in [0.25, 0.3) is 0 Å². The molecule has 1 atom stereocenters. The van der Waals surface area contributed by atoms with Crippen LogP contribution in [0.25, 0.3) is 0 Å². The van der Waals surface area contributed by atoms with E-state index in [9.17, 15) is 0 Å². The number of hydrogen-bond donors (Lipinski definition) is 1. The fraction of sp³-hybridized carbons (Fsp3) is 0.889. The summed E-state index contributed by atoms with van der Waals surface area (Å²) >= 11 is 11.7. The molecule has 0 aromatic heterocycles. The third-order valence-corrected chi connectivity index (χ3v) is 5.01. The second-order valence-electron chi connectivity index (χ2n) is 3.88. The van der Waals surface area contributed by atoms with Crippen molar-refractivity contribution < 1.29 is 0 Å². The van der Waals surface area contributed by atoms with E-state index in [-0.39, 0.29) is 5.54 Å². The van der Waals surface area contributed by atoms with Gasteiger partial charge in [0.15, 0.2) is 0 Å². The zero-order chi connectivity index (χ0) is 10.1. The van der Waals surface area contributed by atoms with Crippen molar-refractivity contribution in [1.29, 1.82) is 0 Å². The highest BCUT2D eigenvalue weighted by Gasteiger charge is 2.39. The monoisotopic (exact) mass is 235 g/mol. The van der Waals surface area contributed by atoms with Gasteiger partial charge in [-0.2, -0.15) is 12.6 Å². The van der Waals surface area contributed by atoms with Crippen LogP contribution >= 0.6 is 36.6 Å². The highest BCUT2D eigenvalue weighted by atomic mass is 32.2. The quantitative estimate of drug-likeness (QED) is 0.579. The van der Waals surface area contributed by atoms with Crippen LogP contribution in [-0.2, 0) is 0 Å². The summed E-state index contributed by atoms with van der Waals surface area (Å²) in [6.45, 7) is 6.63. The van der Waals surface area contributed by atoms with Crippen LogP contribution in [0, 0.1) is 0 Å². The minimum atomic E-state index is 0.213. The fourth-order valence-electron chi connectivity index (χ4n) is 1.64. The molecule has 0 aliphatic carbocycles. The molecule has 0 bridgehead atoms. The van der Waals surface area contributed by atoms with Crippen LogP contribution < -0.4 is 0 Å². The summed E-state index contributed by atoms with van der Waals surface area (Å²) in [5.41, 5.74) is 0.213. The summed E-state index contributed by atoms with van der Waals surface area (Å²) < 4.78 is 0. The van der Waals surface area contributed by atoms with Crippen LogP contribution in [0.3, 0.4) is 0 Å². The lowest BCUT2D eigenvalue weighted by molar-refractivity contribution is 0.260. The number of thiol groups is 1. The van der Waals surface area contributed by atoms with Crippen molar-refractivity contribution in [2.45, 2.75) is 38.1 Å². The van der Waals surface area contributed by atoms with Crippen molar-refractivity contribution in [1.82, 2.24) is 4.90 Å². The van der Waals surface area contributed by atoms with Crippen LogP contribution in [-0.4, -0.2) is 32.3 Å². The zero-order valence-electron chi connectivity index (χ0n) is 8.41. The lowest BCUT2D eigenvalue weighted by Gasteiger charge is -2.36. The molecule has 0 spiro atoms. The first-order valence-corrected chi connectivity index (χ1v) is 6.66. The SMILES string of the molecule is CCC(=S)N1C(CS)SCC1(C)C. The maximum Gasteiger partial charge on any atom is 0.0849 e. The van der Waals surface area contributed by atoms with E-state index in [1.165, 1.54) is 0 Å². The first-order chi connectivity index (χ1) is 6.03. The van der Waals surface area contributed by atoms with E-state index >= 15 is 0 Å². The molecule has 1 nitrogen and oxygen atoms in total. The molecule has 1 rings (SSSR count). The van der Waals surface area contributed by atoms with Crippen LogP contribution in [0.15, 0.2) is 0 Å². The molecule has 0 saturated carbocycles. The first kappa shape index (κ1) is 11.7. The van der Waals surface area contributed by atoms with E-state index in [0.717, 1.165) is 22.9 Å². The first-order valence-electron chi connectivity index (χ1n) is 4.57. The maximum atomic E-state index is 5.39. The topological polar surface area (TPSA) is 3.24 Å². The Morgan fingerprint density at radius 2 is 2.31 bits per heavy atom. The number of thiocarbonyl (C=S) groups is 1. The van der Waals surface area contributed by atoms with E-state index in [4.69, 9.17) is 12.2 Å². The van der Waals surface area contributed by atoms with E-state index in [0.29, 0.717) is 5.37 Å². The van der Waals surface area contributed by atoms with E-state index in [1.54, 1.807) is 0 Å². The summed E-state index contributed by atoms with van der Waals surface area (Å²) in [4.78, 5) is 3.44. The van der Waals surface area contributed by atoms with Gasteiger partial charge in [0, 0.05) is 17.0 Å². The summed E-state index contributed by atoms with van der Waals surface area (Å²) in [6, 6.07) is 0. The smallest absolute Gasteiger partial charge is 0.0849 e. The van der Waals surface area contributed by atoms with E-state index < -0.39 is 0 Å². The van der Waals surface area contributed by atoms with Gasteiger partial charge in [-0.3, -0.25) is 0 Å². The Morgan fingerprint density at radius 3 is 2.77 bits per heavy atom. The molecule has 1 saturated heterocycles. The Hall–Kier alpha value is 0.590. The van der Waals surface area contributed by atoms with Crippen LogP contribution in [0.2, 0.25) is 0 Å². The Bertz CT molecular complexity index is 203. The molecule has 1 unspecified atom stereocenters. The Morgan fingerprint density at radius 1 is 1.69 bits per heavy atom. The Kier molecular flexibility index (Phi) is 3.95. The second kappa shape index (κ2) is 4.41. The van der Waals surface area contributed by atoms with Gasteiger partial charge in [0.2, 0.25) is 0 Å². The van der Waals surface area contributed by atoms with Gasteiger partial charge >= 0.3 is 0 Å². The summed E-state index contributed by atoms with van der Waals surface area (Å²) in [5.74, 6) is 2.03. The zero-order valence-corrected chi connectivity index (χ0v) is 10.9. The molecular formula is C9H17NS3. The van der Waals surface area contributed by atoms with E-state index in [1.807, 2.05) is 11.8 Å². The minimum Gasteiger partial charge on any atom is -0.347 e. The Balaban J connectivity index is 2.80. The molecule has 0 radical (unpaired) electrons. The molecule has 13 heavy (non-hydrogen) atoms. The molecule has 1 aliphatic heterocycles. The molecule has 4 heteroatoms. The molecule has 76 valence electrons. The van der Waals surface area contributed by atoms with Crippen molar-refractivity contribution in [3.8, 4) is 0 Å². The van der Waals surface area contributed by atoms with Gasteiger partial charge in [-0.25, -0.2) is 0 Å². The summed E-state index contributed by atoms with van der Waals surface area (Å²) in [6.07, 6.45) is 0.962. The van der Waals surface area contributed by atoms with Crippen molar-refractivity contribution in [3.63, 3.8) is 0 Å². The largest absolute Gasteiger partial charge is 0.347 e. The summed E-state index contributed by atoms with van der Waals surface area (Å²) in [5, 5.41) is 0.478. The lowest BCUT2D eigenvalue weighted by Crippen LogP contribution is -2.47. The van der Waals surface area contributed by atoms with Crippen molar-refractivity contribution in [2.75, 3.05) is 11.5 Å². The minimum absolute atomic E-state index is 0.213. The van der Waals surface area contributed by atoms with Gasteiger partial charge in [-0.15, -0.1) is 11.8 Å². The Labute approximate surface area is 96.0 Å². The molecular weight excluding hydrogens is 218 g/mol. The lowest BCUT2D eigenvalue weighted by atomic mass is 10.1. The molecule has 0 N–H and O–H groups in total. The third-order valence-electron chi connectivity index (χ3n) is 2.30. The van der Waals surface area contributed by atoms with Crippen molar-refractivity contribution in [2.24, 2.45) is 0 Å². The number of nitrogens with zero attached hydrogens (tertiary/aromatic N) is 1. The standard InChI is InChI=1S/C9H17NS3/c1-4-7(12)10-8(5-11)13-6-9(10,2)3/h8,11H,4-6H2,1-3H3. The van der Waals surface area contributed by atoms with Crippen molar-refractivity contribution >= 4 is 41.6 Å². The molecule has 0 aromatic rings. The fourth-order valence-corrected chi connectivity index (χ4v) is 3.96. The predicted molar refractivity (Wildman–Crippen MR) is 68.9 cm³/mol. The number of rotatable bonds is 2. The van der Waals surface area contributed by atoms with E-state index in [2.05, 4.69) is 38.3 Å². The number of thioether (sulfide) groups is 1. The van der Waals surface area contributed by atoms with Gasteiger partial charge in [-0.1, -0.05) is 19.1 Å². The molecule has 1 fully saturated rings. The predicted octanol–water partition coefficient (Wildman–Crippen LogP) is 2.81. The number of hydrogen-bond acceptors (Lipinski definition) is 3. The average Bonchev–Trinajstić information content (AvgIpc) is 2.39. The summed E-state index contributed by atoms with van der Waals surface area (Å²) in [7, 11) is 0. The van der Waals surface area contributed by atoms with Crippen LogP contribution in [0.1, 0.15) is 27.2 Å². The molecule has 0 amide bonds. The van der Waals surface area contributed by atoms with Gasteiger partial charge in [0.1, 0.15) is 0 Å². The van der Waals surface area contributed by atoms with Crippen LogP contribution in [0.4, 0.5) is 0 Å². The van der Waals surface area contributed by atoms with Crippen molar-refractivity contribution in [3.05, 3.63) is 0 Å². The van der Waals surface area contributed by atoms with Gasteiger partial charge < -0.3 is 4.90 Å². The van der Waals surface area contributed by atoms with Crippen LogP contribution in [0.5, 0.6) is 0 Å². The molecule has 1 aliphatic rings. The average molecular weight is 235 g/mol. The maximum absolute atomic E-state index is 5.39. The highest BCUT2D eigenvalue weighted by molar-refractivity contribution is 8.01. The van der Waals surface area contributed by atoms with Gasteiger partial charge in [-0.05, 0) is 20.3 Å². The van der Waals surface area contributed by atoms with Gasteiger partial charge in [0.05, 0.1) is 10.4 Å².